The zero-order chi connectivity index (χ0) is 58.9. The first-order valence-electron chi connectivity index (χ1n) is 33.4. The van der Waals surface area contributed by atoms with Crippen LogP contribution in [0.1, 0.15) is 284 Å². The Bertz CT molecular complexity index is 1640. The zero-order valence-electron chi connectivity index (χ0n) is 51.9. The number of aliphatic hydroxyl groups excluding tert-OH is 5. The monoisotopic (exact) mass is 1140 g/mol. The second kappa shape index (κ2) is 57.3. The summed E-state index contributed by atoms with van der Waals surface area (Å²) in [5.74, 6) is -1.24. The van der Waals surface area contributed by atoms with E-state index in [2.05, 4.69) is 44.3 Å². The van der Waals surface area contributed by atoms with E-state index in [9.17, 15) is 35.1 Å². The first kappa shape index (κ1) is 75.9. The predicted molar refractivity (Wildman–Crippen MR) is 338 cm³/mol. The molecule has 1 saturated heterocycles. The molecule has 11 heteroatoms. The van der Waals surface area contributed by atoms with E-state index in [0.29, 0.717) is 12.8 Å². The molecule has 0 aromatic carbocycles. The van der Waals surface area contributed by atoms with Crippen LogP contribution in [-0.4, -0.2) is 99.6 Å². The Balaban J connectivity index is 2.55. The molecule has 468 valence electrons. The number of esters is 1. The van der Waals surface area contributed by atoms with Crippen LogP contribution in [0.25, 0.3) is 0 Å². The fourth-order valence-corrected chi connectivity index (χ4v) is 10.1. The average Bonchev–Trinajstić information content (AvgIpc) is 3.50. The molecule has 0 spiro atoms. The molecule has 0 radical (unpaired) electrons. The van der Waals surface area contributed by atoms with E-state index in [0.717, 1.165) is 64.2 Å². The van der Waals surface area contributed by atoms with Gasteiger partial charge in [0.1, 0.15) is 24.4 Å². The smallest absolute Gasteiger partial charge is 0.306 e. The summed E-state index contributed by atoms with van der Waals surface area (Å²) >= 11 is 0. The molecule has 1 amide bonds. The summed E-state index contributed by atoms with van der Waals surface area (Å²) in [4.78, 5) is 26.6. The Hall–Kier alpha value is -3.16. The number of ether oxygens (including phenoxy) is 3. The highest BCUT2D eigenvalue weighted by Gasteiger charge is 2.47. The molecule has 8 atom stereocenters. The summed E-state index contributed by atoms with van der Waals surface area (Å²) in [5, 5.41) is 56.9. The van der Waals surface area contributed by atoms with Gasteiger partial charge >= 0.3 is 5.97 Å². The van der Waals surface area contributed by atoms with Gasteiger partial charge < -0.3 is 45.1 Å². The van der Waals surface area contributed by atoms with Gasteiger partial charge in [0.05, 0.1) is 25.4 Å². The standard InChI is InChI=1S/C70H123NO10/c1-4-7-10-13-16-19-22-24-26-27-28-29-30-31-32-33-34-35-36-37-38-40-43-46-49-52-55-58-65(75)81-68-67(77)66(76)64(59-72)80-70(68)79-60-61(62(73)56-53-50-47-44-41-21-18-15-12-9-6-3)71-69(78)63(74)57-54-51-48-45-42-39-25-23-20-17-14-11-8-5-2/h8,11,14,17,20,23-26,39,42,45,53,56,61-64,66-68,70,72-74,76-77H,4-7,9-10,12-13,15-16,18-19,21-22,27-38,40-41,43-44,46-52,54-55,57-60H2,1-3H3,(H,71,78)/b11-8+,17-14+,23-20-,26-24+,39-25-,45-42+,56-53+. The normalized spacial score (nSPS) is 19.2. The van der Waals surface area contributed by atoms with Crippen molar-refractivity contribution < 1.29 is 49.3 Å². The van der Waals surface area contributed by atoms with E-state index < -0.39 is 67.4 Å². The third-order valence-electron chi connectivity index (χ3n) is 15.4. The minimum Gasteiger partial charge on any atom is -0.454 e. The van der Waals surface area contributed by atoms with E-state index >= 15 is 0 Å². The molecule has 1 rings (SSSR count). The SMILES string of the molecule is CC/C=C/C=C/C=C\C=C/C=C/CCCCC(O)C(=O)NC(COC1OC(CO)C(O)C(O)C1OC(=O)CCCCCCCCCCCCCCCCCCC/C=C/CCCCCCCC)C(O)/C=C/CCCCCCCCCCC. The van der Waals surface area contributed by atoms with Gasteiger partial charge in [-0.15, -0.1) is 0 Å². The maximum absolute atomic E-state index is 13.4. The molecule has 6 N–H and O–H groups in total. The van der Waals surface area contributed by atoms with Gasteiger partial charge in [-0.25, -0.2) is 0 Å². The molecule has 1 aliphatic rings. The van der Waals surface area contributed by atoms with Crippen molar-refractivity contribution in [3.8, 4) is 0 Å². The highest BCUT2D eigenvalue weighted by Crippen LogP contribution is 2.26. The van der Waals surface area contributed by atoms with Crippen molar-refractivity contribution in [3.05, 3.63) is 85.1 Å². The molecule has 1 aliphatic heterocycles. The molecule has 1 heterocycles. The molecule has 0 aromatic heterocycles. The lowest BCUT2D eigenvalue weighted by atomic mass is 9.99. The van der Waals surface area contributed by atoms with E-state index in [4.69, 9.17) is 14.2 Å². The quantitative estimate of drug-likeness (QED) is 0.0149. The van der Waals surface area contributed by atoms with E-state index in [1.54, 1.807) is 6.08 Å². The molecule has 0 aliphatic carbocycles. The average molecular weight is 1140 g/mol. The minimum absolute atomic E-state index is 0.117. The van der Waals surface area contributed by atoms with Gasteiger partial charge in [-0.2, -0.15) is 0 Å². The van der Waals surface area contributed by atoms with Crippen LogP contribution in [0.3, 0.4) is 0 Å². The number of aliphatic hydroxyl groups is 5. The summed E-state index contributed by atoms with van der Waals surface area (Å²) in [6, 6.07) is -1.05. The molecule has 8 unspecified atom stereocenters. The number of rotatable bonds is 56. The lowest BCUT2D eigenvalue weighted by molar-refractivity contribution is -0.305. The number of amides is 1. The van der Waals surface area contributed by atoms with Crippen LogP contribution in [0, 0.1) is 0 Å². The first-order valence-corrected chi connectivity index (χ1v) is 33.4. The fraction of sp³-hybridized carbons (Fsp3) is 0.771. The summed E-state index contributed by atoms with van der Waals surface area (Å²) < 4.78 is 17.6. The van der Waals surface area contributed by atoms with Gasteiger partial charge in [-0.3, -0.25) is 9.59 Å². The summed E-state index contributed by atoms with van der Waals surface area (Å²) in [6.45, 7) is 5.62. The van der Waals surface area contributed by atoms with E-state index in [-0.39, 0.29) is 19.4 Å². The minimum atomic E-state index is -1.62. The molecular formula is C70H123NO10. The summed E-state index contributed by atoms with van der Waals surface area (Å²) in [7, 11) is 0. The van der Waals surface area contributed by atoms with Gasteiger partial charge in [0.15, 0.2) is 12.4 Å². The largest absolute Gasteiger partial charge is 0.454 e. The van der Waals surface area contributed by atoms with E-state index in [1.165, 1.54) is 173 Å². The summed E-state index contributed by atoms with van der Waals surface area (Å²) in [6.07, 6.45) is 65.1. The maximum atomic E-state index is 13.4. The van der Waals surface area contributed by atoms with Crippen LogP contribution in [0.4, 0.5) is 0 Å². The van der Waals surface area contributed by atoms with Crippen LogP contribution < -0.4 is 5.32 Å². The van der Waals surface area contributed by atoms with Crippen LogP contribution in [0.15, 0.2) is 85.1 Å². The third kappa shape index (κ3) is 45.0. The lowest BCUT2D eigenvalue weighted by Gasteiger charge is -2.41. The van der Waals surface area contributed by atoms with Crippen molar-refractivity contribution in [1.82, 2.24) is 5.32 Å². The van der Waals surface area contributed by atoms with Gasteiger partial charge in [-0.05, 0) is 70.6 Å². The van der Waals surface area contributed by atoms with Crippen molar-refractivity contribution in [2.75, 3.05) is 13.2 Å². The predicted octanol–water partition coefficient (Wildman–Crippen LogP) is 16.5. The second-order valence-corrected chi connectivity index (χ2v) is 22.9. The number of nitrogens with one attached hydrogen (secondary N) is 1. The van der Waals surface area contributed by atoms with Crippen molar-refractivity contribution in [3.63, 3.8) is 0 Å². The van der Waals surface area contributed by atoms with Gasteiger partial charge in [0.2, 0.25) is 5.91 Å². The topological polar surface area (TPSA) is 175 Å². The van der Waals surface area contributed by atoms with Gasteiger partial charge in [-0.1, -0.05) is 292 Å². The van der Waals surface area contributed by atoms with Crippen molar-refractivity contribution >= 4 is 11.9 Å². The van der Waals surface area contributed by atoms with Crippen LogP contribution in [0.2, 0.25) is 0 Å². The van der Waals surface area contributed by atoms with Gasteiger partial charge in [0.25, 0.3) is 0 Å². The van der Waals surface area contributed by atoms with Crippen LogP contribution in [0.5, 0.6) is 0 Å². The van der Waals surface area contributed by atoms with Crippen LogP contribution >= 0.6 is 0 Å². The summed E-state index contributed by atoms with van der Waals surface area (Å²) in [5.41, 5.74) is 0. The first-order chi connectivity index (χ1) is 39.7. The number of carbonyl (C=O) groups excluding carboxylic acids is 2. The number of allylic oxidation sites excluding steroid dienone is 13. The Morgan fingerprint density at radius 1 is 0.494 bits per heavy atom. The number of hydrogen-bond acceptors (Lipinski definition) is 10. The van der Waals surface area contributed by atoms with Crippen LogP contribution in [-0.2, 0) is 23.8 Å². The molecule has 0 bridgehead atoms. The lowest BCUT2D eigenvalue weighted by Crippen LogP contribution is -2.61. The van der Waals surface area contributed by atoms with Gasteiger partial charge in [0, 0.05) is 6.42 Å². The number of unbranched alkanes of at least 4 members (excludes halogenated alkanes) is 34. The Labute approximate surface area is 495 Å². The molecule has 11 nitrogen and oxygen atoms in total. The van der Waals surface area contributed by atoms with Crippen molar-refractivity contribution in [2.45, 2.75) is 333 Å². The number of hydrogen-bond donors (Lipinski definition) is 6. The number of carbonyl (C=O) groups is 2. The third-order valence-corrected chi connectivity index (χ3v) is 15.4. The molecule has 0 aromatic rings. The maximum Gasteiger partial charge on any atom is 0.306 e. The molecule has 0 saturated carbocycles. The Morgan fingerprint density at radius 2 is 0.901 bits per heavy atom. The molecule has 81 heavy (non-hydrogen) atoms. The highest BCUT2D eigenvalue weighted by molar-refractivity contribution is 5.80. The highest BCUT2D eigenvalue weighted by atomic mass is 16.7. The fourth-order valence-electron chi connectivity index (χ4n) is 10.1. The zero-order valence-corrected chi connectivity index (χ0v) is 51.9. The molecule has 1 fully saturated rings. The Morgan fingerprint density at radius 3 is 1.37 bits per heavy atom. The second-order valence-electron chi connectivity index (χ2n) is 22.9. The van der Waals surface area contributed by atoms with E-state index in [1.807, 2.05) is 60.8 Å². The molecular weight excluding hydrogens is 1010 g/mol. The van der Waals surface area contributed by atoms with Crippen molar-refractivity contribution in [2.24, 2.45) is 0 Å². The Kier molecular flexibility index (Phi) is 53.6. The van der Waals surface area contributed by atoms with Crippen molar-refractivity contribution in [1.29, 1.82) is 0 Å².